The van der Waals surface area contributed by atoms with Gasteiger partial charge in [0.05, 0.1) is 0 Å². The van der Waals surface area contributed by atoms with Gasteiger partial charge < -0.3 is 0 Å². The predicted octanol–water partition coefficient (Wildman–Crippen LogP) is 2.68. The summed E-state index contributed by atoms with van der Waals surface area (Å²) in [6.07, 6.45) is 4.52. The van der Waals surface area contributed by atoms with E-state index in [1.54, 1.807) is 0 Å². The quantitative estimate of drug-likeness (QED) is 0.741. The van der Waals surface area contributed by atoms with E-state index in [0.717, 1.165) is 17.8 Å². The van der Waals surface area contributed by atoms with Gasteiger partial charge in [0.2, 0.25) is 0 Å². The minimum atomic E-state index is 0.806. The second-order valence-electron chi connectivity index (χ2n) is 3.84. The van der Waals surface area contributed by atoms with E-state index < -0.39 is 0 Å². The Bertz CT molecular complexity index is 386. The Labute approximate surface area is 90.0 Å². The van der Waals surface area contributed by atoms with Crippen molar-refractivity contribution in [3.8, 4) is 0 Å². The number of hydrogen-bond acceptors (Lipinski definition) is 2. The van der Waals surface area contributed by atoms with Crippen LogP contribution in [0.5, 0.6) is 0 Å². The molecule has 1 heterocycles. The summed E-state index contributed by atoms with van der Waals surface area (Å²) in [6, 6.07) is 8.48. The van der Waals surface area contributed by atoms with Gasteiger partial charge >= 0.3 is 0 Å². The van der Waals surface area contributed by atoms with Gasteiger partial charge in [-0.15, -0.1) is 0 Å². The minimum absolute atomic E-state index is 0.806. The van der Waals surface area contributed by atoms with Crippen LogP contribution < -0.4 is 0 Å². The van der Waals surface area contributed by atoms with Crippen LogP contribution in [0.25, 0.3) is 0 Å². The normalized spacial score (nSPS) is 10.3. The van der Waals surface area contributed by atoms with Crippen LogP contribution in [-0.4, -0.2) is 9.97 Å². The molecule has 0 N–H and O–H groups in total. The molecule has 0 atom stereocenters. The van der Waals surface area contributed by atoms with Crippen molar-refractivity contribution < 1.29 is 0 Å². The molecule has 15 heavy (non-hydrogen) atoms. The molecule has 0 amide bonds. The molecule has 1 aromatic carbocycles. The molecule has 0 aliphatic heterocycles. The number of hydrogen-bond donors (Lipinski definition) is 0. The van der Waals surface area contributed by atoms with Gasteiger partial charge in [-0.1, -0.05) is 29.8 Å². The highest BCUT2D eigenvalue weighted by Crippen LogP contribution is 2.07. The maximum Gasteiger partial charge on any atom is 0.132 e. The lowest BCUT2D eigenvalue weighted by molar-refractivity contribution is 0.955. The van der Waals surface area contributed by atoms with Crippen LogP contribution in [0.3, 0.4) is 0 Å². The summed E-state index contributed by atoms with van der Waals surface area (Å²) in [5.41, 5.74) is 3.63. The van der Waals surface area contributed by atoms with Crippen molar-refractivity contribution in [2.24, 2.45) is 0 Å². The van der Waals surface area contributed by atoms with Crippen LogP contribution in [0.1, 0.15) is 22.5 Å². The lowest BCUT2D eigenvalue weighted by atomic mass is 10.1. The molecular formula is C13H14N2. The molecule has 0 spiro atoms. The van der Waals surface area contributed by atoms with E-state index in [4.69, 9.17) is 0 Å². The molecule has 0 saturated carbocycles. The van der Waals surface area contributed by atoms with Gasteiger partial charge in [0, 0.05) is 18.8 Å². The summed E-state index contributed by atoms with van der Waals surface area (Å²) in [6.45, 7) is 4.09. The Morgan fingerprint density at radius 1 is 0.867 bits per heavy atom. The summed E-state index contributed by atoms with van der Waals surface area (Å²) in [5.74, 6) is 0.879. The molecule has 0 aliphatic rings. The zero-order valence-corrected chi connectivity index (χ0v) is 9.07. The van der Waals surface area contributed by atoms with Crippen molar-refractivity contribution in [1.82, 2.24) is 9.97 Å². The Kier molecular flexibility index (Phi) is 2.77. The molecule has 0 aliphatic carbocycles. The molecule has 2 rings (SSSR count). The lowest BCUT2D eigenvalue weighted by Gasteiger charge is -2.01. The summed E-state index contributed by atoms with van der Waals surface area (Å²) in [7, 11) is 0. The largest absolute Gasteiger partial charge is 0.241 e. The number of aromatic nitrogens is 2. The third kappa shape index (κ3) is 2.62. The molecule has 2 aromatic rings. The first-order valence-electron chi connectivity index (χ1n) is 5.07. The van der Waals surface area contributed by atoms with E-state index in [1.165, 1.54) is 11.1 Å². The van der Waals surface area contributed by atoms with Crippen molar-refractivity contribution in [3.05, 3.63) is 59.2 Å². The third-order valence-corrected chi connectivity index (χ3v) is 2.32. The Morgan fingerprint density at radius 3 is 2.07 bits per heavy atom. The monoisotopic (exact) mass is 198 g/mol. The van der Waals surface area contributed by atoms with E-state index >= 15 is 0 Å². The minimum Gasteiger partial charge on any atom is -0.241 e. The van der Waals surface area contributed by atoms with E-state index in [9.17, 15) is 0 Å². The van der Waals surface area contributed by atoms with Crippen molar-refractivity contribution >= 4 is 0 Å². The number of rotatable bonds is 2. The highest BCUT2D eigenvalue weighted by molar-refractivity contribution is 5.23. The fourth-order valence-electron chi connectivity index (χ4n) is 1.40. The molecule has 0 fully saturated rings. The first-order chi connectivity index (χ1) is 7.24. The van der Waals surface area contributed by atoms with Gasteiger partial charge in [0.25, 0.3) is 0 Å². The van der Waals surface area contributed by atoms with Crippen LogP contribution in [-0.2, 0) is 6.42 Å². The van der Waals surface area contributed by atoms with Crippen molar-refractivity contribution in [2.45, 2.75) is 20.3 Å². The lowest BCUT2D eigenvalue weighted by Crippen LogP contribution is -1.96. The smallest absolute Gasteiger partial charge is 0.132 e. The number of nitrogens with zero attached hydrogens (tertiary/aromatic N) is 2. The van der Waals surface area contributed by atoms with Crippen LogP contribution >= 0.6 is 0 Å². The Balaban J connectivity index is 2.15. The topological polar surface area (TPSA) is 25.8 Å². The zero-order chi connectivity index (χ0) is 10.7. The van der Waals surface area contributed by atoms with Crippen LogP contribution in [0.4, 0.5) is 0 Å². The summed E-state index contributed by atoms with van der Waals surface area (Å²) >= 11 is 0. The van der Waals surface area contributed by atoms with E-state index in [1.807, 2.05) is 19.3 Å². The van der Waals surface area contributed by atoms with Gasteiger partial charge in [-0.3, -0.25) is 0 Å². The molecule has 0 radical (unpaired) electrons. The molecule has 2 heteroatoms. The second kappa shape index (κ2) is 4.22. The van der Waals surface area contributed by atoms with Gasteiger partial charge in [-0.25, -0.2) is 9.97 Å². The maximum absolute atomic E-state index is 4.28. The average Bonchev–Trinajstić information content (AvgIpc) is 2.25. The Morgan fingerprint density at radius 2 is 1.47 bits per heavy atom. The van der Waals surface area contributed by atoms with Crippen molar-refractivity contribution in [3.63, 3.8) is 0 Å². The molecule has 0 unspecified atom stereocenters. The predicted molar refractivity (Wildman–Crippen MR) is 60.8 cm³/mol. The first-order valence-corrected chi connectivity index (χ1v) is 5.07. The molecule has 76 valence electrons. The second-order valence-corrected chi connectivity index (χ2v) is 3.84. The van der Waals surface area contributed by atoms with E-state index in [-0.39, 0.29) is 0 Å². The third-order valence-electron chi connectivity index (χ3n) is 2.32. The number of aryl methyl sites for hydroxylation is 2. The molecular weight excluding hydrogens is 184 g/mol. The van der Waals surface area contributed by atoms with Gasteiger partial charge in [0.15, 0.2) is 0 Å². The van der Waals surface area contributed by atoms with E-state index in [2.05, 4.69) is 41.2 Å². The highest BCUT2D eigenvalue weighted by atomic mass is 14.9. The van der Waals surface area contributed by atoms with Gasteiger partial charge in [-0.2, -0.15) is 0 Å². The molecule has 2 nitrogen and oxygen atoms in total. The summed E-state index contributed by atoms with van der Waals surface area (Å²) in [5, 5.41) is 0. The molecule has 0 bridgehead atoms. The van der Waals surface area contributed by atoms with Crippen molar-refractivity contribution in [1.29, 1.82) is 0 Å². The molecule has 1 aromatic heterocycles. The van der Waals surface area contributed by atoms with Crippen LogP contribution in [0.2, 0.25) is 0 Å². The first kappa shape index (κ1) is 9.84. The van der Waals surface area contributed by atoms with Gasteiger partial charge in [-0.05, 0) is 25.0 Å². The maximum atomic E-state index is 4.28. The summed E-state index contributed by atoms with van der Waals surface area (Å²) < 4.78 is 0. The Hall–Kier alpha value is -1.70. The van der Waals surface area contributed by atoms with Crippen LogP contribution in [0, 0.1) is 13.8 Å². The molecule has 0 saturated heterocycles. The van der Waals surface area contributed by atoms with Gasteiger partial charge in [0.1, 0.15) is 5.82 Å². The standard InChI is InChI=1S/C13H14N2/c1-10-3-5-12(6-4-10)7-13-14-8-11(2)9-15-13/h3-6,8-9H,7H2,1-2H3. The SMILES string of the molecule is Cc1ccc(Cc2ncc(C)cn2)cc1. The fourth-order valence-corrected chi connectivity index (χ4v) is 1.40. The average molecular weight is 198 g/mol. The van der Waals surface area contributed by atoms with Crippen molar-refractivity contribution in [2.75, 3.05) is 0 Å². The zero-order valence-electron chi connectivity index (χ0n) is 9.07. The fraction of sp³-hybridized carbons (Fsp3) is 0.231. The summed E-state index contributed by atoms with van der Waals surface area (Å²) in [4.78, 5) is 8.57. The van der Waals surface area contributed by atoms with E-state index in [0.29, 0.717) is 0 Å². The highest BCUT2D eigenvalue weighted by Gasteiger charge is 1.98. The number of benzene rings is 1. The van der Waals surface area contributed by atoms with Crippen LogP contribution in [0.15, 0.2) is 36.7 Å².